The lowest BCUT2D eigenvalue weighted by atomic mass is 10.3. The Morgan fingerprint density at radius 3 is 1.21 bits per heavy atom. The van der Waals surface area contributed by atoms with Gasteiger partial charge in [0.25, 0.3) is 0 Å². The molecule has 0 aliphatic rings. The van der Waals surface area contributed by atoms with E-state index in [9.17, 15) is 9.59 Å². The van der Waals surface area contributed by atoms with Gasteiger partial charge in [0.05, 0.1) is 23.2 Å². The normalized spacial score (nSPS) is 13.8. The van der Waals surface area contributed by atoms with E-state index in [-0.39, 0.29) is 6.61 Å². The van der Waals surface area contributed by atoms with Crippen molar-refractivity contribution in [2.24, 2.45) is 0 Å². The molecule has 0 heterocycles. The van der Waals surface area contributed by atoms with Gasteiger partial charge in [-0.15, -0.1) is 0 Å². The monoisotopic (exact) mass is 316 g/mol. The van der Waals surface area contributed by atoms with Gasteiger partial charge >= 0.3 is 11.9 Å². The van der Waals surface area contributed by atoms with E-state index in [4.69, 9.17) is 20.4 Å². The van der Waals surface area contributed by atoms with Crippen molar-refractivity contribution < 1.29 is 30.0 Å². The van der Waals surface area contributed by atoms with E-state index in [2.05, 4.69) is 25.3 Å². The van der Waals surface area contributed by atoms with Crippen LogP contribution in [0.25, 0.3) is 0 Å². The van der Waals surface area contributed by atoms with Gasteiger partial charge in [-0.1, -0.05) is 13.8 Å². The van der Waals surface area contributed by atoms with Crippen molar-refractivity contribution in [1.82, 2.24) is 0 Å². The minimum Gasteiger partial charge on any atom is -0.480 e. The van der Waals surface area contributed by atoms with E-state index in [1.807, 2.05) is 0 Å². The maximum Gasteiger partial charge on any atom is 0.316 e. The molecular weight excluding hydrogens is 292 g/mol. The molecule has 0 rings (SSSR count). The third-order valence-electron chi connectivity index (χ3n) is 1.61. The van der Waals surface area contributed by atoms with Crippen LogP contribution < -0.4 is 0 Å². The highest BCUT2D eigenvalue weighted by Crippen LogP contribution is 1.98. The van der Waals surface area contributed by atoms with Gasteiger partial charge in [-0.25, -0.2) is 0 Å². The van der Waals surface area contributed by atoms with Crippen LogP contribution in [0.15, 0.2) is 0 Å². The molecule has 0 saturated heterocycles. The van der Waals surface area contributed by atoms with Gasteiger partial charge in [0.15, 0.2) is 0 Å². The summed E-state index contributed by atoms with van der Waals surface area (Å²) < 4.78 is 0. The molecule has 19 heavy (non-hydrogen) atoms. The molecule has 0 aliphatic heterocycles. The van der Waals surface area contributed by atoms with E-state index >= 15 is 0 Å². The van der Waals surface area contributed by atoms with Crippen molar-refractivity contribution >= 4 is 37.2 Å². The van der Waals surface area contributed by atoms with Gasteiger partial charge in [-0.2, -0.15) is 25.3 Å². The zero-order valence-electron chi connectivity index (χ0n) is 11.4. The third-order valence-corrected chi connectivity index (χ3v) is 2.78. The molecule has 0 aromatic heterocycles. The standard InChI is InChI=1S/2C4H8O2S.C3H8O2/c2*1-2-3(7)4(5)6;1-3(5)2-4/h2*3,7H,2H2,1H3,(H,5,6);3-5H,2H2,1H3. The summed E-state index contributed by atoms with van der Waals surface area (Å²) in [6.07, 6.45) is 0.603. The number of hydrogen-bond donors (Lipinski definition) is 6. The predicted molar refractivity (Wildman–Crippen MR) is 80.2 cm³/mol. The number of carboxylic acid groups (broad SMARTS) is 2. The van der Waals surface area contributed by atoms with Crippen molar-refractivity contribution in [1.29, 1.82) is 0 Å². The maximum atomic E-state index is 9.85. The van der Waals surface area contributed by atoms with Crippen LogP contribution >= 0.6 is 25.3 Å². The topological polar surface area (TPSA) is 115 Å². The SMILES string of the molecule is CC(O)CO.CCC(S)C(=O)O.CCC(S)C(=O)O. The van der Waals surface area contributed by atoms with Crippen LogP contribution in [0.3, 0.4) is 0 Å². The second-order valence-electron chi connectivity index (χ2n) is 3.56. The van der Waals surface area contributed by atoms with E-state index in [1.54, 1.807) is 13.8 Å². The highest BCUT2D eigenvalue weighted by atomic mass is 32.1. The van der Waals surface area contributed by atoms with E-state index in [1.165, 1.54) is 6.92 Å². The Balaban J connectivity index is -0.000000206. The first-order chi connectivity index (χ1) is 8.63. The summed E-state index contributed by atoms with van der Waals surface area (Å²) in [7, 11) is 0. The first-order valence-corrected chi connectivity index (χ1v) is 6.77. The molecule has 6 nitrogen and oxygen atoms in total. The first-order valence-electron chi connectivity index (χ1n) is 5.74. The number of hydrogen-bond acceptors (Lipinski definition) is 6. The minimum atomic E-state index is -0.842. The lowest BCUT2D eigenvalue weighted by Crippen LogP contribution is -2.10. The van der Waals surface area contributed by atoms with Crippen molar-refractivity contribution in [2.75, 3.05) is 6.61 Å². The predicted octanol–water partition coefficient (Wildman–Crippen LogP) is 0.918. The molecule has 0 saturated carbocycles. The fourth-order valence-corrected chi connectivity index (χ4v) is 0.349. The van der Waals surface area contributed by atoms with E-state index in [0.29, 0.717) is 12.8 Å². The number of carboxylic acids is 2. The summed E-state index contributed by atoms with van der Waals surface area (Å²) >= 11 is 7.45. The van der Waals surface area contributed by atoms with Crippen LogP contribution in [0.5, 0.6) is 0 Å². The first kappa shape index (κ1) is 23.6. The molecule has 3 atom stereocenters. The summed E-state index contributed by atoms with van der Waals surface area (Å²) in [5.41, 5.74) is 0. The number of aliphatic hydroxyl groups is 2. The Hall–Kier alpha value is -0.440. The molecule has 0 aromatic rings. The zero-order valence-corrected chi connectivity index (χ0v) is 13.1. The van der Waals surface area contributed by atoms with E-state index in [0.717, 1.165) is 0 Å². The summed E-state index contributed by atoms with van der Waals surface area (Å²) in [6, 6.07) is 0. The van der Waals surface area contributed by atoms with Crippen LogP contribution in [0.2, 0.25) is 0 Å². The number of carbonyl (C=O) groups is 2. The second-order valence-corrected chi connectivity index (χ2v) is 4.80. The molecule has 0 fully saturated rings. The van der Waals surface area contributed by atoms with Gasteiger partial charge in [0.1, 0.15) is 0 Å². The average Bonchev–Trinajstić information content (AvgIpc) is 2.37. The minimum absolute atomic E-state index is 0.139. The number of rotatable bonds is 5. The van der Waals surface area contributed by atoms with Crippen molar-refractivity contribution in [3.05, 3.63) is 0 Å². The van der Waals surface area contributed by atoms with Crippen LogP contribution in [0.4, 0.5) is 0 Å². The largest absolute Gasteiger partial charge is 0.480 e. The fourth-order valence-electron chi connectivity index (χ4n) is 0.349. The number of aliphatic hydroxyl groups excluding tert-OH is 2. The smallest absolute Gasteiger partial charge is 0.316 e. The maximum absolute atomic E-state index is 9.85. The molecule has 0 spiro atoms. The lowest BCUT2D eigenvalue weighted by Gasteiger charge is -1.95. The fraction of sp³-hybridized carbons (Fsp3) is 0.818. The molecule has 0 aromatic carbocycles. The van der Waals surface area contributed by atoms with Crippen molar-refractivity contribution in [3.63, 3.8) is 0 Å². The molecular formula is C11H24O6S2. The Labute approximate surface area is 124 Å². The Kier molecular flexibility index (Phi) is 19.4. The van der Waals surface area contributed by atoms with Crippen molar-refractivity contribution in [2.45, 2.75) is 50.2 Å². The lowest BCUT2D eigenvalue weighted by molar-refractivity contribution is -0.137. The van der Waals surface area contributed by atoms with Gasteiger partial charge < -0.3 is 20.4 Å². The molecule has 116 valence electrons. The second kappa shape index (κ2) is 15.6. The molecule has 4 N–H and O–H groups in total. The Morgan fingerprint density at radius 1 is 1.00 bits per heavy atom. The quantitative estimate of drug-likeness (QED) is 0.420. The zero-order chi connectivity index (χ0) is 16.0. The molecule has 0 amide bonds. The summed E-state index contributed by atoms with van der Waals surface area (Å²) in [6.45, 7) is 4.96. The molecule has 0 bridgehead atoms. The van der Waals surface area contributed by atoms with E-state index < -0.39 is 28.5 Å². The average molecular weight is 316 g/mol. The van der Waals surface area contributed by atoms with Crippen LogP contribution in [0, 0.1) is 0 Å². The number of thiol groups is 2. The van der Waals surface area contributed by atoms with Crippen molar-refractivity contribution in [3.8, 4) is 0 Å². The van der Waals surface area contributed by atoms with Gasteiger partial charge in [0.2, 0.25) is 0 Å². The highest BCUT2D eigenvalue weighted by Gasteiger charge is 2.06. The highest BCUT2D eigenvalue weighted by molar-refractivity contribution is 7.82. The van der Waals surface area contributed by atoms with Crippen LogP contribution in [-0.4, -0.2) is 55.6 Å². The van der Waals surface area contributed by atoms with Gasteiger partial charge in [-0.05, 0) is 19.8 Å². The molecule has 0 radical (unpaired) electrons. The summed E-state index contributed by atoms with van der Waals surface area (Å²) in [4.78, 5) is 19.7. The summed E-state index contributed by atoms with van der Waals surface area (Å²) in [5.74, 6) is -1.68. The molecule has 0 aliphatic carbocycles. The Morgan fingerprint density at radius 2 is 1.21 bits per heavy atom. The van der Waals surface area contributed by atoms with Crippen LogP contribution in [0.1, 0.15) is 33.6 Å². The Bertz CT molecular complexity index is 215. The van der Waals surface area contributed by atoms with Gasteiger partial charge in [-0.3, -0.25) is 9.59 Å². The summed E-state index contributed by atoms with van der Waals surface area (Å²) in [5, 5.41) is 31.2. The number of aliphatic carboxylic acids is 2. The van der Waals surface area contributed by atoms with Crippen LogP contribution in [-0.2, 0) is 9.59 Å². The third kappa shape index (κ3) is 23.1. The molecule has 3 unspecified atom stereocenters. The molecule has 8 heteroatoms. The van der Waals surface area contributed by atoms with Gasteiger partial charge in [0, 0.05) is 0 Å².